The highest BCUT2D eigenvalue weighted by Gasteiger charge is 2.12. The van der Waals surface area contributed by atoms with Crippen molar-refractivity contribution in [2.24, 2.45) is 5.10 Å². The summed E-state index contributed by atoms with van der Waals surface area (Å²) in [6.45, 7) is 3.77. The third kappa shape index (κ3) is 5.95. The molecule has 0 radical (unpaired) electrons. The number of hydrogen-bond acceptors (Lipinski definition) is 6. The molecule has 1 N–H and O–H groups in total. The molecule has 0 saturated carbocycles. The molecule has 0 aliphatic carbocycles. The van der Waals surface area contributed by atoms with Crippen LogP contribution in [0.15, 0.2) is 71.8 Å². The van der Waals surface area contributed by atoms with Crippen molar-refractivity contribution >= 4 is 18.1 Å². The summed E-state index contributed by atoms with van der Waals surface area (Å²) in [5.74, 6) is 0.436. The van der Waals surface area contributed by atoms with E-state index in [1.165, 1.54) is 13.3 Å². The topological polar surface area (TPSA) is 86.2 Å². The van der Waals surface area contributed by atoms with Crippen LogP contribution in [0.3, 0.4) is 0 Å². The monoisotopic (exact) mass is 432 g/mol. The van der Waals surface area contributed by atoms with E-state index in [1.807, 2.05) is 38.1 Å². The molecule has 0 aromatic heterocycles. The summed E-state index contributed by atoms with van der Waals surface area (Å²) < 4.78 is 16.3. The molecule has 0 fully saturated rings. The molecule has 0 unspecified atom stereocenters. The van der Waals surface area contributed by atoms with Gasteiger partial charge in [0.25, 0.3) is 5.91 Å². The molecule has 0 bridgehead atoms. The van der Waals surface area contributed by atoms with E-state index in [-0.39, 0.29) is 18.3 Å². The van der Waals surface area contributed by atoms with E-state index in [9.17, 15) is 9.59 Å². The molecule has 7 nitrogen and oxygen atoms in total. The number of esters is 1. The lowest BCUT2D eigenvalue weighted by Crippen LogP contribution is -2.24. The van der Waals surface area contributed by atoms with Gasteiger partial charge >= 0.3 is 5.97 Å². The molecule has 3 aromatic rings. The number of carbonyl (C=O) groups is 2. The smallest absolute Gasteiger partial charge is 0.343 e. The quantitative estimate of drug-likeness (QED) is 0.251. The minimum atomic E-state index is -0.485. The fourth-order valence-electron chi connectivity index (χ4n) is 2.82. The highest BCUT2D eigenvalue weighted by molar-refractivity contribution is 5.91. The second-order valence-corrected chi connectivity index (χ2v) is 6.95. The Morgan fingerprint density at radius 3 is 2.47 bits per heavy atom. The minimum absolute atomic E-state index is 0.153. The van der Waals surface area contributed by atoms with Crippen LogP contribution in [-0.4, -0.2) is 31.8 Å². The normalized spacial score (nSPS) is 10.6. The van der Waals surface area contributed by atoms with E-state index >= 15 is 0 Å². The van der Waals surface area contributed by atoms with Crippen LogP contribution < -0.4 is 19.6 Å². The molecule has 164 valence electrons. The van der Waals surface area contributed by atoms with Crippen LogP contribution in [0.25, 0.3) is 0 Å². The fourth-order valence-corrected chi connectivity index (χ4v) is 2.82. The van der Waals surface area contributed by atoms with Gasteiger partial charge in [0.1, 0.15) is 5.75 Å². The first-order valence-electron chi connectivity index (χ1n) is 9.94. The van der Waals surface area contributed by atoms with Crippen molar-refractivity contribution < 1.29 is 23.8 Å². The zero-order valence-corrected chi connectivity index (χ0v) is 18.1. The van der Waals surface area contributed by atoms with E-state index in [0.717, 1.165) is 11.1 Å². The van der Waals surface area contributed by atoms with E-state index in [2.05, 4.69) is 10.5 Å². The fraction of sp³-hybridized carbons (Fsp3) is 0.160. The molecule has 0 spiro atoms. The van der Waals surface area contributed by atoms with Crippen LogP contribution in [0.5, 0.6) is 17.2 Å². The number of nitrogens with zero attached hydrogens (tertiary/aromatic N) is 1. The summed E-state index contributed by atoms with van der Waals surface area (Å²) in [5, 5.41) is 3.94. The second-order valence-electron chi connectivity index (χ2n) is 6.95. The summed E-state index contributed by atoms with van der Waals surface area (Å²) in [5.41, 5.74) is 5.59. The van der Waals surface area contributed by atoms with E-state index in [1.54, 1.807) is 42.5 Å². The van der Waals surface area contributed by atoms with E-state index in [0.29, 0.717) is 22.6 Å². The van der Waals surface area contributed by atoms with Gasteiger partial charge in [0, 0.05) is 0 Å². The van der Waals surface area contributed by atoms with Gasteiger partial charge in [0.2, 0.25) is 0 Å². The average Bonchev–Trinajstić information content (AvgIpc) is 2.81. The summed E-state index contributed by atoms with van der Waals surface area (Å²) in [6.07, 6.45) is 1.46. The van der Waals surface area contributed by atoms with Crippen molar-refractivity contribution in [1.82, 2.24) is 5.43 Å². The first-order chi connectivity index (χ1) is 15.5. The highest BCUT2D eigenvalue weighted by atomic mass is 16.6. The number of aryl methyl sites for hydroxylation is 1. The van der Waals surface area contributed by atoms with Crippen molar-refractivity contribution in [3.05, 3.63) is 89.0 Å². The maximum Gasteiger partial charge on any atom is 0.343 e. The SMILES string of the molecule is COc1cc(C=NNC(=O)COc2cccc(C)c2C)ccc1OC(=O)c1ccccc1. The van der Waals surface area contributed by atoms with Crippen LogP contribution in [0.2, 0.25) is 0 Å². The number of hydrogen-bond donors (Lipinski definition) is 1. The third-order valence-corrected chi connectivity index (χ3v) is 4.72. The number of ether oxygens (including phenoxy) is 3. The van der Waals surface area contributed by atoms with Gasteiger partial charge in [-0.2, -0.15) is 5.10 Å². The first-order valence-corrected chi connectivity index (χ1v) is 9.94. The lowest BCUT2D eigenvalue weighted by atomic mass is 10.1. The predicted molar refractivity (Wildman–Crippen MR) is 122 cm³/mol. The molecule has 7 heteroatoms. The number of amides is 1. The summed E-state index contributed by atoms with van der Waals surface area (Å²) in [7, 11) is 1.47. The molecule has 0 saturated heterocycles. The standard InChI is InChI=1S/C25H24N2O5/c1-17-8-7-11-21(18(17)2)31-16-24(28)27-26-15-19-12-13-22(23(14-19)30-3)32-25(29)20-9-5-4-6-10-20/h4-15H,16H2,1-3H3,(H,27,28). The lowest BCUT2D eigenvalue weighted by molar-refractivity contribution is -0.123. The molecular formula is C25H24N2O5. The van der Waals surface area contributed by atoms with Crippen LogP contribution in [0, 0.1) is 13.8 Å². The van der Waals surface area contributed by atoms with Crippen molar-refractivity contribution in [2.75, 3.05) is 13.7 Å². The van der Waals surface area contributed by atoms with E-state index < -0.39 is 5.97 Å². The van der Waals surface area contributed by atoms with Crippen LogP contribution in [0.1, 0.15) is 27.0 Å². The van der Waals surface area contributed by atoms with Gasteiger partial charge in [-0.3, -0.25) is 4.79 Å². The Bertz CT molecular complexity index is 1130. The zero-order chi connectivity index (χ0) is 22.9. The predicted octanol–water partition coefficient (Wildman–Crippen LogP) is 4.06. The Morgan fingerprint density at radius 1 is 0.938 bits per heavy atom. The summed E-state index contributed by atoms with van der Waals surface area (Å²) >= 11 is 0. The largest absolute Gasteiger partial charge is 0.493 e. The van der Waals surface area contributed by atoms with Crippen molar-refractivity contribution in [1.29, 1.82) is 0 Å². The maximum atomic E-state index is 12.3. The maximum absolute atomic E-state index is 12.3. The summed E-state index contributed by atoms with van der Waals surface area (Å²) in [6, 6.07) is 19.3. The number of rotatable bonds is 8. The van der Waals surface area contributed by atoms with Crippen LogP contribution in [0.4, 0.5) is 0 Å². The molecule has 3 aromatic carbocycles. The molecule has 3 rings (SSSR count). The molecule has 0 heterocycles. The second kappa shape index (κ2) is 10.8. The Hall–Kier alpha value is -4.13. The number of hydrazone groups is 1. The Kier molecular flexibility index (Phi) is 7.59. The first kappa shape index (κ1) is 22.6. The van der Waals surface area contributed by atoms with Gasteiger partial charge in [0.05, 0.1) is 18.9 Å². The minimum Gasteiger partial charge on any atom is -0.493 e. The van der Waals surface area contributed by atoms with Gasteiger partial charge in [-0.05, 0) is 66.9 Å². The molecule has 1 amide bonds. The molecule has 0 aliphatic rings. The van der Waals surface area contributed by atoms with Crippen molar-refractivity contribution in [2.45, 2.75) is 13.8 Å². The molecule has 0 aliphatic heterocycles. The molecule has 32 heavy (non-hydrogen) atoms. The summed E-state index contributed by atoms with van der Waals surface area (Å²) in [4.78, 5) is 24.3. The number of nitrogens with one attached hydrogen (secondary N) is 1. The van der Waals surface area contributed by atoms with Crippen LogP contribution in [-0.2, 0) is 4.79 Å². The van der Waals surface area contributed by atoms with Crippen molar-refractivity contribution in [3.63, 3.8) is 0 Å². The van der Waals surface area contributed by atoms with Gasteiger partial charge < -0.3 is 14.2 Å². The number of methoxy groups -OCH3 is 1. The van der Waals surface area contributed by atoms with Gasteiger partial charge in [-0.15, -0.1) is 0 Å². The Balaban J connectivity index is 1.56. The Morgan fingerprint density at radius 2 is 1.72 bits per heavy atom. The van der Waals surface area contributed by atoms with Crippen LogP contribution >= 0.6 is 0 Å². The van der Waals surface area contributed by atoms with Gasteiger partial charge in [-0.25, -0.2) is 10.2 Å². The van der Waals surface area contributed by atoms with E-state index in [4.69, 9.17) is 14.2 Å². The van der Waals surface area contributed by atoms with Gasteiger partial charge in [0.15, 0.2) is 18.1 Å². The number of carbonyl (C=O) groups excluding carboxylic acids is 2. The Labute approximate surface area is 186 Å². The van der Waals surface area contributed by atoms with Crippen molar-refractivity contribution in [3.8, 4) is 17.2 Å². The average molecular weight is 432 g/mol. The number of benzene rings is 3. The highest BCUT2D eigenvalue weighted by Crippen LogP contribution is 2.28. The van der Waals surface area contributed by atoms with Gasteiger partial charge in [-0.1, -0.05) is 30.3 Å². The lowest BCUT2D eigenvalue weighted by Gasteiger charge is -2.10. The zero-order valence-electron chi connectivity index (χ0n) is 18.1. The molecular weight excluding hydrogens is 408 g/mol. The molecule has 0 atom stereocenters. The third-order valence-electron chi connectivity index (χ3n) is 4.72.